The summed E-state index contributed by atoms with van der Waals surface area (Å²) in [5.74, 6) is 1.55. The Morgan fingerprint density at radius 2 is 0.700 bits per heavy atom. The average Bonchev–Trinajstić information content (AvgIpc) is 4.23. The van der Waals surface area contributed by atoms with Crippen molar-refractivity contribution in [1.29, 1.82) is 0 Å². The van der Waals surface area contributed by atoms with Crippen molar-refractivity contribution in [3.05, 3.63) is 235 Å². The van der Waals surface area contributed by atoms with Gasteiger partial charge in [0.2, 0.25) is 0 Å². The second-order valence-electron chi connectivity index (χ2n) is 18.5. The summed E-state index contributed by atoms with van der Waals surface area (Å²) in [5, 5.41) is 5.89. The summed E-state index contributed by atoms with van der Waals surface area (Å²) in [6, 6.07) is 75.0. The Morgan fingerprint density at radius 1 is 0.271 bits per heavy atom. The van der Waals surface area contributed by atoms with Crippen molar-refractivity contribution in [2.75, 3.05) is 0 Å². The van der Waals surface area contributed by atoms with E-state index in [4.69, 9.17) is 28.2 Å². The summed E-state index contributed by atoms with van der Waals surface area (Å²) < 4.78 is 19.6. The molecular weight excluding hydrogens is 859 g/mol. The molecule has 4 heterocycles. The quantitative estimate of drug-likeness (QED) is 0.175. The van der Waals surface area contributed by atoms with E-state index in [0.29, 0.717) is 17.5 Å². The molecule has 1 spiro atoms. The van der Waals surface area contributed by atoms with Gasteiger partial charge in [0.15, 0.2) is 17.5 Å². The fourth-order valence-electron chi connectivity index (χ4n) is 12.1. The maximum atomic E-state index is 6.67. The number of benzene rings is 10. The molecule has 0 unspecified atom stereocenters. The molecule has 0 amide bonds. The Bertz CT molecular complexity index is 4530. The third kappa shape index (κ3) is 4.98. The minimum Gasteiger partial charge on any atom is -0.456 e. The van der Waals surface area contributed by atoms with Crippen LogP contribution in [0.1, 0.15) is 22.3 Å². The van der Waals surface area contributed by atoms with Crippen molar-refractivity contribution in [2.45, 2.75) is 5.41 Å². The lowest BCUT2D eigenvalue weighted by Gasteiger charge is -2.30. The van der Waals surface area contributed by atoms with Gasteiger partial charge >= 0.3 is 0 Å². The zero-order valence-electron chi connectivity index (χ0n) is 37.3. The first-order valence-corrected chi connectivity index (χ1v) is 23.7. The van der Waals surface area contributed by atoms with Crippen LogP contribution in [0.25, 0.3) is 133 Å². The Kier molecular flexibility index (Phi) is 7.45. The molecule has 0 fully saturated rings. The van der Waals surface area contributed by atoms with Gasteiger partial charge in [-0.15, -0.1) is 0 Å². The molecule has 4 aromatic heterocycles. The van der Waals surface area contributed by atoms with E-state index in [1.165, 1.54) is 44.5 Å². The smallest absolute Gasteiger partial charge is 0.167 e. The summed E-state index contributed by atoms with van der Waals surface area (Å²) in [6.07, 6.45) is 0. The normalized spacial score (nSPS) is 13.3. The van der Waals surface area contributed by atoms with Crippen molar-refractivity contribution in [2.24, 2.45) is 0 Å². The van der Waals surface area contributed by atoms with Crippen LogP contribution < -0.4 is 0 Å². The second kappa shape index (κ2) is 13.8. The van der Waals surface area contributed by atoms with E-state index in [1.807, 2.05) is 72.8 Å². The molecule has 2 aliphatic carbocycles. The van der Waals surface area contributed by atoms with E-state index in [1.54, 1.807) is 0 Å². The Labute approximate surface area is 399 Å². The van der Waals surface area contributed by atoms with Gasteiger partial charge in [0, 0.05) is 43.4 Å². The third-order valence-corrected chi connectivity index (χ3v) is 15.0. The van der Waals surface area contributed by atoms with Crippen LogP contribution >= 0.6 is 0 Å². The molecule has 16 rings (SSSR count). The van der Waals surface area contributed by atoms with Crippen LogP contribution in [0.5, 0.6) is 0 Å². The number of fused-ring (bicyclic) bond motifs is 19. The highest BCUT2D eigenvalue weighted by molar-refractivity contribution is 6.15. The van der Waals surface area contributed by atoms with Crippen molar-refractivity contribution < 1.29 is 13.3 Å². The lowest BCUT2D eigenvalue weighted by molar-refractivity contribution is 0.668. The van der Waals surface area contributed by atoms with Gasteiger partial charge in [-0.2, -0.15) is 0 Å². The molecule has 0 atom stereocenters. The van der Waals surface area contributed by atoms with Gasteiger partial charge in [0.05, 0.1) is 11.0 Å². The minimum absolute atomic E-state index is 0.397. The first-order chi connectivity index (χ1) is 34.7. The van der Waals surface area contributed by atoms with Crippen LogP contribution in [0.2, 0.25) is 0 Å². The zero-order valence-corrected chi connectivity index (χ0v) is 37.3. The summed E-state index contributed by atoms with van der Waals surface area (Å²) >= 11 is 0. The largest absolute Gasteiger partial charge is 0.456 e. The van der Waals surface area contributed by atoms with E-state index in [9.17, 15) is 0 Å². The number of hydrogen-bond donors (Lipinski definition) is 0. The Balaban J connectivity index is 0.905. The molecule has 0 bridgehead atoms. The number of furan rings is 3. The van der Waals surface area contributed by atoms with Gasteiger partial charge < -0.3 is 13.3 Å². The van der Waals surface area contributed by atoms with E-state index >= 15 is 0 Å². The SMILES string of the molecule is c1ccc2c(c1)-c1ccccc1C21c2ccccc2-c2cc(-c3ccc4oc5cccc(-c6nc(-c7cccc8c7oc7ccccc78)nc(-c7cccc8oc9ccccc9c78)n6)c5c4c3)ccc21. The molecule has 324 valence electrons. The molecular formula is C64H35N3O3. The van der Waals surface area contributed by atoms with Gasteiger partial charge in [0.25, 0.3) is 0 Å². The lowest BCUT2D eigenvalue weighted by atomic mass is 9.70. The van der Waals surface area contributed by atoms with Crippen LogP contribution in [-0.4, -0.2) is 15.0 Å². The van der Waals surface area contributed by atoms with Gasteiger partial charge in [0.1, 0.15) is 33.5 Å². The van der Waals surface area contributed by atoms with Gasteiger partial charge in [-0.25, -0.2) is 15.0 Å². The van der Waals surface area contributed by atoms with Crippen molar-refractivity contribution in [1.82, 2.24) is 15.0 Å². The molecule has 6 nitrogen and oxygen atoms in total. The topological polar surface area (TPSA) is 78.1 Å². The number of aromatic nitrogens is 3. The van der Waals surface area contributed by atoms with Crippen LogP contribution in [0, 0.1) is 0 Å². The maximum absolute atomic E-state index is 6.67. The molecule has 6 heteroatoms. The van der Waals surface area contributed by atoms with E-state index < -0.39 is 5.41 Å². The van der Waals surface area contributed by atoms with Crippen molar-refractivity contribution in [3.8, 4) is 67.5 Å². The molecule has 0 saturated heterocycles. The second-order valence-corrected chi connectivity index (χ2v) is 18.5. The molecule has 10 aromatic carbocycles. The average molecular weight is 894 g/mol. The summed E-state index contributed by atoms with van der Waals surface area (Å²) in [7, 11) is 0. The van der Waals surface area contributed by atoms with Crippen molar-refractivity contribution in [3.63, 3.8) is 0 Å². The number of rotatable bonds is 4. The molecule has 70 heavy (non-hydrogen) atoms. The third-order valence-electron chi connectivity index (χ3n) is 15.0. The molecule has 2 aliphatic rings. The molecule has 0 N–H and O–H groups in total. The number of para-hydroxylation sites is 3. The number of nitrogens with zero attached hydrogens (tertiary/aromatic N) is 3. The summed E-state index contributed by atoms with van der Waals surface area (Å²) in [5.41, 5.74) is 19.3. The highest BCUT2D eigenvalue weighted by atomic mass is 16.3. The Hall–Kier alpha value is -9.39. The highest BCUT2D eigenvalue weighted by Gasteiger charge is 2.51. The van der Waals surface area contributed by atoms with E-state index in [2.05, 4.69) is 140 Å². The summed E-state index contributed by atoms with van der Waals surface area (Å²) in [4.78, 5) is 16.0. The fourth-order valence-corrected chi connectivity index (χ4v) is 12.1. The van der Waals surface area contributed by atoms with Gasteiger partial charge in [-0.1, -0.05) is 164 Å². The minimum atomic E-state index is -0.397. The lowest BCUT2D eigenvalue weighted by Crippen LogP contribution is -2.25. The molecule has 14 aromatic rings. The number of hydrogen-bond acceptors (Lipinski definition) is 6. The summed E-state index contributed by atoms with van der Waals surface area (Å²) in [6.45, 7) is 0. The predicted molar refractivity (Wildman–Crippen MR) is 280 cm³/mol. The molecule has 0 aliphatic heterocycles. The zero-order chi connectivity index (χ0) is 45.7. The van der Waals surface area contributed by atoms with E-state index in [0.717, 1.165) is 93.6 Å². The first-order valence-electron chi connectivity index (χ1n) is 23.7. The molecule has 0 radical (unpaired) electrons. The van der Waals surface area contributed by atoms with Gasteiger partial charge in [-0.3, -0.25) is 0 Å². The van der Waals surface area contributed by atoms with Crippen LogP contribution in [0.4, 0.5) is 0 Å². The van der Waals surface area contributed by atoms with Crippen LogP contribution in [0.15, 0.2) is 226 Å². The monoisotopic (exact) mass is 893 g/mol. The van der Waals surface area contributed by atoms with Gasteiger partial charge in [-0.05, 0) is 104 Å². The molecule has 0 saturated carbocycles. The van der Waals surface area contributed by atoms with Crippen LogP contribution in [-0.2, 0) is 5.41 Å². The van der Waals surface area contributed by atoms with Crippen LogP contribution in [0.3, 0.4) is 0 Å². The van der Waals surface area contributed by atoms with E-state index in [-0.39, 0.29) is 0 Å². The predicted octanol–water partition coefficient (Wildman–Crippen LogP) is 16.6. The highest BCUT2D eigenvalue weighted by Crippen LogP contribution is 2.63. The standard InChI is InChI=1S/C64H35N3O3/c1-6-23-49-38(14-1)39-15-2-7-24-50(39)64(49)51-25-8-3-16-40(51)47-34-36(30-32-52(47)64)37-31-33-55-48(35-37)59-45(21-13-29-57(59)69-55)62-65-61(44-20-12-28-56-58(44)43-18-5-10-27-54(43)68-56)66-63(67-62)46-22-11-19-42-41-17-4-9-26-53(41)70-60(42)46/h1-35H. The maximum Gasteiger partial charge on any atom is 0.167 e. The Morgan fingerprint density at radius 3 is 1.37 bits per heavy atom. The van der Waals surface area contributed by atoms with Crippen molar-refractivity contribution >= 4 is 65.8 Å². The fraction of sp³-hybridized carbons (Fsp3) is 0.0156. The first kappa shape index (κ1) is 37.7.